The first-order valence-corrected chi connectivity index (χ1v) is 5.28. The lowest BCUT2D eigenvalue weighted by Gasteiger charge is -2.11. The lowest BCUT2D eigenvalue weighted by Crippen LogP contribution is -2.21. The molecule has 76 valence electrons. The van der Waals surface area contributed by atoms with Gasteiger partial charge in [-0.3, -0.25) is 0 Å². The standard InChI is InChI=1S/C11H14BrNO/c1-2-7-13-8-11(14)9-3-5-10(12)6-4-9/h2-6,11,13-14H,1,7-8H2. The number of hydrogen-bond acceptors (Lipinski definition) is 2. The first-order chi connectivity index (χ1) is 6.74. The van der Waals surface area contributed by atoms with E-state index in [9.17, 15) is 5.11 Å². The third-order valence-electron chi connectivity index (χ3n) is 1.88. The number of aliphatic hydroxyl groups excluding tert-OH is 1. The minimum absolute atomic E-state index is 0.456. The van der Waals surface area contributed by atoms with Crippen molar-refractivity contribution in [2.45, 2.75) is 6.10 Å². The highest BCUT2D eigenvalue weighted by molar-refractivity contribution is 9.10. The van der Waals surface area contributed by atoms with Crippen molar-refractivity contribution >= 4 is 15.9 Å². The highest BCUT2D eigenvalue weighted by atomic mass is 79.9. The zero-order chi connectivity index (χ0) is 10.4. The van der Waals surface area contributed by atoms with Gasteiger partial charge in [-0.05, 0) is 17.7 Å². The van der Waals surface area contributed by atoms with Crippen LogP contribution in [0.3, 0.4) is 0 Å². The molecule has 0 fully saturated rings. The molecule has 1 atom stereocenters. The Kier molecular flexibility index (Phi) is 4.87. The first kappa shape index (κ1) is 11.4. The molecule has 0 saturated carbocycles. The van der Waals surface area contributed by atoms with Crippen LogP contribution in [0.1, 0.15) is 11.7 Å². The van der Waals surface area contributed by atoms with Crippen molar-refractivity contribution in [2.24, 2.45) is 0 Å². The second kappa shape index (κ2) is 5.96. The zero-order valence-corrected chi connectivity index (χ0v) is 9.50. The molecule has 2 N–H and O–H groups in total. The Balaban J connectivity index is 2.47. The second-order valence-electron chi connectivity index (χ2n) is 3.01. The maximum atomic E-state index is 9.73. The molecule has 0 saturated heterocycles. The Hall–Kier alpha value is -0.640. The number of aliphatic hydroxyl groups is 1. The molecule has 0 bridgehead atoms. The van der Waals surface area contributed by atoms with Crippen molar-refractivity contribution < 1.29 is 5.11 Å². The largest absolute Gasteiger partial charge is 0.387 e. The molecule has 3 heteroatoms. The Labute approximate surface area is 92.8 Å². The molecule has 0 aromatic heterocycles. The maximum absolute atomic E-state index is 9.73. The summed E-state index contributed by atoms with van der Waals surface area (Å²) in [5.74, 6) is 0. The van der Waals surface area contributed by atoms with E-state index in [1.54, 1.807) is 6.08 Å². The van der Waals surface area contributed by atoms with Crippen LogP contribution in [-0.2, 0) is 0 Å². The molecule has 1 unspecified atom stereocenters. The molecule has 1 aromatic carbocycles. The molecule has 1 aromatic rings. The topological polar surface area (TPSA) is 32.3 Å². The summed E-state index contributed by atoms with van der Waals surface area (Å²) in [4.78, 5) is 0. The van der Waals surface area contributed by atoms with Crippen molar-refractivity contribution in [2.75, 3.05) is 13.1 Å². The number of benzene rings is 1. The third-order valence-corrected chi connectivity index (χ3v) is 2.41. The summed E-state index contributed by atoms with van der Waals surface area (Å²) in [6, 6.07) is 7.66. The summed E-state index contributed by atoms with van der Waals surface area (Å²) in [7, 11) is 0. The van der Waals surface area contributed by atoms with Crippen LogP contribution in [0.25, 0.3) is 0 Å². The smallest absolute Gasteiger partial charge is 0.0914 e. The number of halogens is 1. The average Bonchev–Trinajstić information content (AvgIpc) is 2.19. The van der Waals surface area contributed by atoms with Gasteiger partial charge in [0.25, 0.3) is 0 Å². The van der Waals surface area contributed by atoms with E-state index in [4.69, 9.17) is 0 Å². The minimum atomic E-state index is -0.456. The van der Waals surface area contributed by atoms with E-state index in [2.05, 4.69) is 27.8 Å². The first-order valence-electron chi connectivity index (χ1n) is 4.49. The minimum Gasteiger partial charge on any atom is -0.387 e. The van der Waals surface area contributed by atoms with Crippen LogP contribution in [0.5, 0.6) is 0 Å². The van der Waals surface area contributed by atoms with Gasteiger partial charge in [-0.1, -0.05) is 34.1 Å². The van der Waals surface area contributed by atoms with E-state index in [0.717, 1.165) is 10.0 Å². The monoisotopic (exact) mass is 255 g/mol. The summed E-state index contributed by atoms with van der Waals surface area (Å²) in [6.07, 6.45) is 1.32. The van der Waals surface area contributed by atoms with E-state index < -0.39 is 6.10 Å². The fourth-order valence-corrected chi connectivity index (χ4v) is 1.39. The molecule has 0 aliphatic carbocycles. The Morgan fingerprint density at radius 1 is 1.43 bits per heavy atom. The summed E-state index contributed by atoms with van der Waals surface area (Å²) < 4.78 is 1.02. The maximum Gasteiger partial charge on any atom is 0.0914 e. The van der Waals surface area contributed by atoms with Gasteiger partial charge in [-0.25, -0.2) is 0 Å². The van der Waals surface area contributed by atoms with Crippen LogP contribution >= 0.6 is 15.9 Å². The summed E-state index contributed by atoms with van der Waals surface area (Å²) in [5, 5.41) is 12.8. The fraction of sp³-hybridized carbons (Fsp3) is 0.273. The predicted octanol–water partition coefficient (Wildman–Crippen LogP) is 2.26. The summed E-state index contributed by atoms with van der Waals surface area (Å²) in [5.41, 5.74) is 0.921. The lowest BCUT2D eigenvalue weighted by atomic mass is 10.1. The van der Waals surface area contributed by atoms with E-state index in [1.165, 1.54) is 0 Å². The van der Waals surface area contributed by atoms with Crippen LogP contribution in [0, 0.1) is 0 Å². The van der Waals surface area contributed by atoms with Gasteiger partial charge >= 0.3 is 0 Å². The molecular weight excluding hydrogens is 242 g/mol. The van der Waals surface area contributed by atoms with Gasteiger partial charge in [0.05, 0.1) is 6.10 Å². The van der Waals surface area contributed by atoms with Crippen LogP contribution in [0.4, 0.5) is 0 Å². The molecule has 2 nitrogen and oxygen atoms in total. The molecule has 0 radical (unpaired) electrons. The van der Waals surface area contributed by atoms with Crippen LogP contribution < -0.4 is 5.32 Å². The average molecular weight is 256 g/mol. The molecular formula is C11H14BrNO. The highest BCUT2D eigenvalue weighted by Gasteiger charge is 2.05. The number of rotatable bonds is 5. The van der Waals surface area contributed by atoms with Gasteiger partial charge in [-0.2, -0.15) is 0 Å². The molecule has 0 amide bonds. The fourth-order valence-electron chi connectivity index (χ4n) is 1.12. The van der Waals surface area contributed by atoms with Crippen molar-refractivity contribution in [3.63, 3.8) is 0 Å². The van der Waals surface area contributed by atoms with E-state index in [1.807, 2.05) is 24.3 Å². The van der Waals surface area contributed by atoms with Crippen LogP contribution in [0.2, 0.25) is 0 Å². The summed E-state index contributed by atoms with van der Waals surface area (Å²) >= 11 is 3.35. The van der Waals surface area contributed by atoms with Gasteiger partial charge < -0.3 is 10.4 Å². The van der Waals surface area contributed by atoms with E-state index in [-0.39, 0.29) is 0 Å². The number of nitrogens with one attached hydrogen (secondary N) is 1. The Morgan fingerprint density at radius 2 is 2.07 bits per heavy atom. The van der Waals surface area contributed by atoms with Gasteiger partial charge in [0, 0.05) is 17.6 Å². The molecule has 0 spiro atoms. The van der Waals surface area contributed by atoms with Crippen molar-refractivity contribution in [1.82, 2.24) is 5.32 Å². The lowest BCUT2D eigenvalue weighted by molar-refractivity contribution is 0.176. The van der Waals surface area contributed by atoms with Crippen molar-refractivity contribution in [3.8, 4) is 0 Å². The second-order valence-corrected chi connectivity index (χ2v) is 3.93. The predicted molar refractivity (Wildman–Crippen MR) is 62.2 cm³/mol. The van der Waals surface area contributed by atoms with Crippen LogP contribution in [-0.4, -0.2) is 18.2 Å². The van der Waals surface area contributed by atoms with Crippen molar-refractivity contribution in [1.29, 1.82) is 0 Å². The van der Waals surface area contributed by atoms with Gasteiger partial charge in [0.1, 0.15) is 0 Å². The SMILES string of the molecule is C=CCNCC(O)c1ccc(Br)cc1. The van der Waals surface area contributed by atoms with Gasteiger partial charge in [0.2, 0.25) is 0 Å². The van der Waals surface area contributed by atoms with E-state index in [0.29, 0.717) is 13.1 Å². The number of hydrogen-bond donors (Lipinski definition) is 2. The highest BCUT2D eigenvalue weighted by Crippen LogP contribution is 2.15. The molecule has 0 aliphatic heterocycles. The molecule has 0 heterocycles. The molecule has 0 aliphatic rings. The van der Waals surface area contributed by atoms with E-state index >= 15 is 0 Å². The molecule has 14 heavy (non-hydrogen) atoms. The Morgan fingerprint density at radius 3 is 2.64 bits per heavy atom. The zero-order valence-electron chi connectivity index (χ0n) is 7.91. The normalized spacial score (nSPS) is 12.4. The van der Waals surface area contributed by atoms with Gasteiger partial charge in [-0.15, -0.1) is 6.58 Å². The van der Waals surface area contributed by atoms with Crippen molar-refractivity contribution in [3.05, 3.63) is 47.0 Å². The summed E-state index contributed by atoms with van der Waals surface area (Å²) in [6.45, 7) is 4.86. The molecule has 1 rings (SSSR count). The third kappa shape index (κ3) is 3.62. The van der Waals surface area contributed by atoms with Gasteiger partial charge in [0.15, 0.2) is 0 Å². The van der Waals surface area contributed by atoms with Crippen LogP contribution in [0.15, 0.2) is 41.4 Å². The Bertz CT molecular complexity index is 284. The quantitative estimate of drug-likeness (QED) is 0.625.